The van der Waals surface area contributed by atoms with Crippen molar-refractivity contribution in [3.05, 3.63) is 0 Å². The van der Waals surface area contributed by atoms with Crippen molar-refractivity contribution in [2.75, 3.05) is 0 Å². The van der Waals surface area contributed by atoms with Gasteiger partial charge in [0, 0.05) is 17.0 Å². The maximum atomic E-state index is 11.6. The van der Waals surface area contributed by atoms with E-state index in [0.717, 1.165) is 0 Å². The molecule has 0 radical (unpaired) electrons. The van der Waals surface area contributed by atoms with Crippen LogP contribution in [-0.4, -0.2) is 38.4 Å². The van der Waals surface area contributed by atoms with Crippen molar-refractivity contribution in [2.45, 2.75) is 72.1 Å². The van der Waals surface area contributed by atoms with Crippen LogP contribution in [0.3, 0.4) is 0 Å². The van der Waals surface area contributed by atoms with E-state index >= 15 is 0 Å². The number of rotatable bonds is 0. The molecule has 0 aromatic rings. The molecule has 0 saturated carbocycles. The van der Waals surface area contributed by atoms with Crippen molar-refractivity contribution in [3.63, 3.8) is 0 Å². The molecular weight excluding hydrogens is 230 g/mol. The first-order valence-electron chi connectivity index (χ1n) is 6.53. The van der Waals surface area contributed by atoms with Gasteiger partial charge >= 0.3 is 6.09 Å². The quantitative estimate of drug-likeness (QED) is 0.701. The van der Waals surface area contributed by atoms with Gasteiger partial charge in [-0.05, 0) is 39.5 Å². The molecule has 1 fully saturated rings. The van der Waals surface area contributed by atoms with E-state index in [-0.39, 0.29) is 11.3 Å². The molecule has 2 N–H and O–H groups in total. The maximum Gasteiger partial charge on any atom is 0.408 e. The van der Waals surface area contributed by atoms with Crippen LogP contribution in [0.25, 0.3) is 0 Å². The van der Waals surface area contributed by atoms with Crippen LogP contribution in [0.4, 0.5) is 4.79 Å². The Labute approximate surface area is 110 Å². The van der Waals surface area contributed by atoms with E-state index in [2.05, 4.69) is 20.8 Å². The summed E-state index contributed by atoms with van der Waals surface area (Å²) in [7, 11) is 0. The third kappa shape index (κ3) is 2.35. The van der Waals surface area contributed by atoms with Gasteiger partial charge in [-0.2, -0.15) is 0 Å². The predicted octanol–water partition coefficient (Wildman–Crippen LogP) is 2.95. The zero-order valence-electron chi connectivity index (χ0n) is 12.6. The van der Waals surface area contributed by atoms with E-state index in [4.69, 9.17) is 0 Å². The van der Waals surface area contributed by atoms with Crippen LogP contribution in [0, 0.1) is 11.3 Å². The summed E-state index contributed by atoms with van der Waals surface area (Å²) in [5.41, 5.74) is -1.28. The van der Waals surface area contributed by atoms with Crippen LogP contribution in [0.5, 0.6) is 0 Å². The monoisotopic (exact) mass is 257 g/mol. The Hall–Kier alpha value is -0.770. The molecular formula is C14H27NO3. The second-order valence-electron chi connectivity index (χ2n) is 7.70. The van der Waals surface area contributed by atoms with Gasteiger partial charge in [-0.15, -0.1) is 0 Å². The Bertz CT molecular complexity index is 341. The van der Waals surface area contributed by atoms with Gasteiger partial charge in [-0.3, -0.25) is 4.90 Å². The first-order chi connectivity index (χ1) is 7.82. The highest BCUT2D eigenvalue weighted by atomic mass is 16.4. The minimum absolute atomic E-state index is 0.0888. The van der Waals surface area contributed by atoms with Gasteiger partial charge in [-0.1, -0.05) is 20.8 Å². The average Bonchev–Trinajstić information content (AvgIpc) is 1.91. The topological polar surface area (TPSA) is 60.8 Å². The molecule has 0 spiro atoms. The van der Waals surface area contributed by atoms with Gasteiger partial charge in [0.05, 0.1) is 6.10 Å². The third-order valence-electron chi connectivity index (χ3n) is 4.16. The fraction of sp³-hybridized carbons (Fsp3) is 0.929. The van der Waals surface area contributed by atoms with E-state index in [0.29, 0.717) is 6.42 Å². The molecule has 1 heterocycles. The molecule has 1 amide bonds. The zero-order valence-corrected chi connectivity index (χ0v) is 12.6. The molecule has 2 unspecified atom stereocenters. The maximum absolute atomic E-state index is 11.6. The summed E-state index contributed by atoms with van der Waals surface area (Å²) in [5.74, 6) is -0.0888. The highest BCUT2D eigenvalue weighted by Gasteiger charge is 2.56. The van der Waals surface area contributed by atoms with Crippen molar-refractivity contribution in [2.24, 2.45) is 11.3 Å². The van der Waals surface area contributed by atoms with Gasteiger partial charge < -0.3 is 10.2 Å². The molecule has 4 nitrogen and oxygen atoms in total. The Morgan fingerprint density at radius 2 is 1.67 bits per heavy atom. The summed E-state index contributed by atoms with van der Waals surface area (Å²) in [6.07, 6.45) is -0.915. The average molecular weight is 257 g/mol. The minimum atomic E-state index is -0.911. The van der Waals surface area contributed by atoms with Gasteiger partial charge in [0.15, 0.2) is 0 Å². The van der Waals surface area contributed by atoms with E-state index in [1.165, 1.54) is 4.90 Å². The number of hydrogen-bond acceptors (Lipinski definition) is 2. The molecule has 1 rings (SSSR count). The lowest BCUT2D eigenvalue weighted by molar-refractivity contribution is -0.139. The Morgan fingerprint density at radius 1 is 1.22 bits per heavy atom. The number of aliphatic hydroxyl groups is 1. The van der Waals surface area contributed by atoms with Crippen molar-refractivity contribution >= 4 is 6.09 Å². The lowest BCUT2D eigenvalue weighted by Crippen LogP contribution is -2.70. The van der Waals surface area contributed by atoms with Crippen molar-refractivity contribution in [1.29, 1.82) is 0 Å². The van der Waals surface area contributed by atoms with E-state index in [1.807, 2.05) is 27.7 Å². The highest BCUT2D eigenvalue weighted by Crippen LogP contribution is 2.49. The molecule has 0 bridgehead atoms. The summed E-state index contributed by atoms with van der Waals surface area (Å²) >= 11 is 0. The first-order valence-corrected chi connectivity index (χ1v) is 6.53. The predicted molar refractivity (Wildman–Crippen MR) is 71.6 cm³/mol. The summed E-state index contributed by atoms with van der Waals surface area (Å²) < 4.78 is 0. The number of carbonyl (C=O) groups is 1. The first kappa shape index (κ1) is 15.3. The van der Waals surface area contributed by atoms with E-state index in [1.54, 1.807) is 0 Å². The molecule has 1 aliphatic heterocycles. The Kier molecular flexibility index (Phi) is 3.50. The minimum Gasteiger partial charge on any atom is -0.465 e. The highest BCUT2D eigenvalue weighted by molar-refractivity contribution is 5.67. The largest absolute Gasteiger partial charge is 0.465 e. The zero-order chi connectivity index (χ0) is 14.5. The molecule has 4 heteroatoms. The van der Waals surface area contributed by atoms with Crippen molar-refractivity contribution in [3.8, 4) is 0 Å². The summed E-state index contributed by atoms with van der Waals surface area (Å²) in [4.78, 5) is 13.1. The third-order valence-corrected chi connectivity index (χ3v) is 4.16. The van der Waals surface area contributed by atoms with Crippen molar-refractivity contribution in [1.82, 2.24) is 4.90 Å². The molecule has 0 aliphatic carbocycles. The number of carboxylic acid groups (broad SMARTS) is 1. The van der Waals surface area contributed by atoms with Crippen LogP contribution >= 0.6 is 0 Å². The summed E-state index contributed by atoms with van der Waals surface area (Å²) in [6.45, 7) is 13.8. The molecule has 1 aliphatic rings. The van der Waals surface area contributed by atoms with Gasteiger partial charge in [0.1, 0.15) is 0 Å². The normalized spacial score (nSPS) is 31.2. The standard InChI is InChI=1S/C14H27NO3/c1-12(2,3)10-9(16)8-13(4,5)15(11(17)18)14(10,6)7/h9-10,16H,8H2,1-7H3,(H,17,18). The molecule has 0 aromatic heterocycles. The van der Waals surface area contributed by atoms with Gasteiger partial charge in [0.2, 0.25) is 0 Å². The number of aliphatic hydroxyl groups excluding tert-OH is 1. The number of hydrogen-bond donors (Lipinski definition) is 2. The molecule has 1 saturated heterocycles. The van der Waals surface area contributed by atoms with Crippen molar-refractivity contribution < 1.29 is 15.0 Å². The lowest BCUT2D eigenvalue weighted by atomic mass is 9.61. The lowest BCUT2D eigenvalue weighted by Gasteiger charge is -2.60. The van der Waals surface area contributed by atoms with Crippen LogP contribution in [0.2, 0.25) is 0 Å². The van der Waals surface area contributed by atoms with Gasteiger partial charge in [0.25, 0.3) is 0 Å². The molecule has 2 atom stereocenters. The summed E-state index contributed by atoms with van der Waals surface area (Å²) in [6, 6.07) is 0. The molecule has 0 aromatic carbocycles. The van der Waals surface area contributed by atoms with Gasteiger partial charge in [-0.25, -0.2) is 4.79 Å². The fourth-order valence-electron chi connectivity index (χ4n) is 4.25. The van der Waals surface area contributed by atoms with E-state index in [9.17, 15) is 15.0 Å². The summed E-state index contributed by atoms with van der Waals surface area (Å²) in [5, 5.41) is 20.0. The number of likely N-dealkylation sites (tertiary alicyclic amines) is 1. The smallest absolute Gasteiger partial charge is 0.408 e. The second-order valence-corrected chi connectivity index (χ2v) is 7.70. The van der Waals surface area contributed by atoms with Crippen LogP contribution in [0.15, 0.2) is 0 Å². The SMILES string of the molecule is CC(C)(C)C1C(O)CC(C)(C)N(C(=O)O)C1(C)C. The Morgan fingerprint density at radius 3 is 2.00 bits per heavy atom. The van der Waals surface area contributed by atoms with Crippen LogP contribution in [-0.2, 0) is 0 Å². The van der Waals surface area contributed by atoms with Crippen LogP contribution in [0.1, 0.15) is 54.9 Å². The number of amides is 1. The number of nitrogens with zero attached hydrogens (tertiary/aromatic N) is 1. The second kappa shape index (κ2) is 4.12. The molecule has 106 valence electrons. The Balaban J connectivity index is 3.31. The van der Waals surface area contributed by atoms with E-state index < -0.39 is 23.3 Å². The fourth-order valence-corrected chi connectivity index (χ4v) is 4.25. The number of piperidine rings is 1. The molecule has 18 heavy (non-hydrogen) atoms. The van der Waals surface area contributed by atoms with Crippen LogP contribution < -0.4 is 0 Å².